The molecular weight excluding hydrogens is 257 g/mol. The van der Waals surface area contributed by atoms with E-state index >= 15 is 0 Å². The van der Waals surface area contributed by atoms with Gasteiger partial charge in [-0.25, -0.2) is 14.0 Å². The molecule has 0 fully saturated rings. The van der Waals surface area contributed by atoms with Crippen LogP contribution >= 0.6 is 0 Å². The Kier molecular flexibility index (Phi) is 4.87. The molecule has 7 heteroatoms. The Morgan fingerprint density at radius 3 is 2.74 bits per heavy atom. The van der Waals surface area contributed by atoms with Gasteiger partial charge >= 0.3 is 12.1 Å². The second-order valence-electron chi connectivity index (χ2n) is 3.35. The summed E-state index contributed by atoms with van der Waals surface area (Å²) in [6, 6.07) is 1.82. The molecule has 1 amide bonds. The molecule has 1 aromatic carbocycles. The molecule has 0 saturated carbocycles. The number of hydrogen-bond donors (Lipinski definition) is 2. The van der Waals surface area contributed by atoms with Crippen molar-refractivity contribution in [1.29, 1.82) is 0 Å². The summed E-state index contributed by atoms with van der Waals surface area (Å²) in [5.41, 5.74) is -0.588. The molecule has 0 aliphatic heterocycles. The highest BCUT2D eigenvalue weighted by Crippen LogP contribution is 2.26. The molecule has 0 aliphatic carbocycles. The van der Waals surface area contributed by atoms with Gasteiger partial charge in [-0.2, -0.15) is 0 Å². The average Bonchev–Trinajstić information content (AvgIpc) is 2.37. The zero-order chi connectivity index (χ0) is 14.4. The van der Waals surface area contributed by atoms with Crippen LogP contribution in [0.3, 0.4) is 0 Å². The predicted molar refractivity (Wildman–Crippen MR) is 65.1 cm³/mol. The van der Waals surface area contributed by atoms with E-state index < -0.39 is 17.9 Å². The standard InChI is InChI=1S/C12H12FNO5/c1-3-4-19-12(17)14-9-5-7(11(15)16)10(18-2)6-8(9)13/h3,5-6H,1,4H2,2H3,(H,14,17)(H,15,16). The van der Waals surface area contributed by atoms with E-state index in [9.17, 15) is 14.0 Å². The Balaban J connectivity index is 3.01. The number of methoxy groups -OCH3 is 1. The van der Waals surface area contributed by atoms with E-state index in [4.69, 9.17) is 9.84 Å². The Hall–Kier alpha value is -2.57. The number of carboxylic acids is 1. The summed E-state index contributed by atoms with van der Waals surface area (Å²) in [6.07, 6.45) is 0.424. The molecule has 102 valence electrons. The first-order chi connectivity index (χ1) is 8.99. The van der Waals surface area contributed by atoms with Gasteiger partial charge in [-0.15, -0.1) is 0 Å². The maximum Gasteiger partial charge on any atom is 0.412 e. The van der Waals surface area contributed by atoms with Crippen LogP contribution in [-0.2, 0) is 4.74 Å². The van der Waals surface area contributed by atoms with Crippen molar-refractivity contribution in [2.75, 3.05) is 19.0 Å². The minimum Gasteiger partial charge on any atom is -0.496 e. The lowest BCUT2D eigenvalue weighted by molar-refractivity contribution is 0.0693. The van der Waals surface area contributed by atoms with Gasteiger partial charge in [0.05, 0.1) is 12.8 Å². The Morgan fingerprint density at radius 1 is 1.53 bits per heavy atom. The third-order valence-corrected chi connectivity index (χ3v) is 2.09. The summed E-state index contributed by atoms with van der Waals surface area (Å²) in [4.78, 5) is 22.2. The van der Waals surface area contributed by atoms with Gasteiger partial charge in [0.1, 0.15) is 17.9 Å². The molecule has 1 aromatic rings. The van der Waals surface area contributed by atoms with Crippen molar-refractivity contribution in [3.05, 3.63) is 36.2 Å². The normalized spacial score (nSPS) is 9.58. The lowest BCUT2D eigenvalue weighted by atomic mass is 10.1. The van der Waals surface area contributed by atoms with Gasteiger partial charge in [0.15, 0.2) is 5.82 Å². The molecule has 0 heterocycles. The number of halogens is 1. The number of benzene rings is 1. The van der Waals surface area contributed by atoms with E-state index in [-0.39, 0.29) is 23.6 Å². The molecule has 0 radical (unpaired) electrons. The monoisotopic (exact) mass is 269 g/mol. The number of hydrogen-bond acceptors (Lipinski definition) is 4. The fourth-order valence-corrected chi connectivity index (χ4v) is 1.27. The molecule has 0 aliphatic rings. The van der Waals surface area contributed by atoms with Crippen LogP contribution < -0.4 is 10.1 Å². The van der Waals surface area contributed by atoms with E-state index in [2.05, 4.69) is 16.6 Å². The summed E-state index contributed by atoms with van der Waals surface area (Å²) < 4.78 is 22.9. The topological polar surface area (TPSA) is 84.9 Å². The van der Waals surface area contributed by atoms with Crippen molar-refractivity contribution in [3.8, 4) is 5.75 Å². The van der Waals surface area contributed by atoms with Gasteiger partial charge < -0.3 is 14.6 Å². The summed E-state index contributed by atoms with van der Waals surface area (Å²) in [6.45, 7) is 3.30. The summed E-state index contributed by atoms with van der Waals surface area (Å²) in [5, 5.41) is 11.0. The number of aromatic carboxylic acids is 1. The SMILES string of the molecule is C=CCOC(=O)Nc1cc(C(=O)O)c(OC)cc1F. The largest absolute Gasteiger partial charge is 0.496 e. The van der Waals surface area contributed by atoms with Crippen molar-refractivity contribution < 1.29 is 28.6 Å². The number of nitrogens with one attached hydrogen (secondary N) is 1. The van der Waals surface area contributed by atoms with Gasteiger partial charge in [-0.05, 0) is 6.07 Å². The number of carboxylic acid groups (broad SMARTS) is 1. The lowest BCUT2D eigenvalue weighted by Gasteiger charge is -2.10. The first-order valence-corrected chi connectivity index (χ1v) is 5.15. The molecule has 1 rings (SSSR count). The number of rotatable bonds is 5. The van der Waals surface area contributed by atoms with Crippen molar-refractivity contribution in [2.45, 2.75) is 0 Å². The van der Waals surface area contributed by atoms with Crippen molar-refractivity contribution in [3.63, 3.8) is 0 Å². The first kappa shape index (κ1) is 14.5. The summed E-state index contributed by atoms with van der Waals surface area (Å²) in [5.74, 6) is -2.29. The highest BCUT2D eigenvalue weighted by Gasteiger charge is 2.17. The van der Waals surface area contributed by atoms with Crippen LogP contribution in [-0.4, -0.2) is 30.9 Å². The van der Waals surface area contributed by atoms with Gasteiger partial charge in [0, 0.05) is 6.07 Å². The van der Waals surface area contributed by atoms with E-state index in [0.29, 0.717) is 0 Å². The number of amides is 1. The zero-order valence-corrected chi connectivity index (χ0v) is 10.1. The van der Waals surface area contributed by atoms with Gasteiger partial charge in [0.2, 0.25) is 0 Å². The van der Waals surface area contributed by atoms with E-state index in [0.717, 1.165) is 12.1 Å². The van der Waals surface area contributed by atoms with Crippen molar-refractivity contribution >= 4 is 17.7 Å². The number of ether oxygens (including phenoxy) is 2. The lowest BCUT2D eigenvalue weighted by Crippen LogP contribution is -2.15. The van der Waals surface area contributed by atoms with Crippen LogP contribution in [0.15, 0.2) is 24.8 Å². The quantitative estimate of drug-likeness (QED) is 0.801. The molecule has 0 atom stereocenters. The zero-order valence-electron chi connectivity index (χ0n) is 10.1. The van der Waals surface area contributed by atoms with Gasteiger partial charge in [0.25, 0.3) is 0 Å². The number of anilines is 1. The summed E-state index contributed by atoms with van der Waals surface area (Å²) >= 11 is 0. The number of carbonyl (C=O) groups is 2. The van der Waals surface area contributed by atoms with Crippen LogP contribution in [0.2, 0.25) is 0 Å². The van der Waals surface area contributed by atoms with Gasteiger partial charge in [-0.1, -0.05) is 12.7 Å². The van der Waals surface area contributed by atoms with E-state index in [1.807, 2.05) is 0 Å². The van der Waals surface area contributed by atoms with Crippen molar-refractivity contribution in [2.24, 2.45) is 0 Å². The third-order valence-electron chi connectivity index (χ3n) is 2.09. The minimum absolute atomic E-state index is 0.0462. The maximum absolute atomic E-state index is 13.6. The van der Waals surface area contributed by atoms with Crippen LogP contribution in [0.1, 0.15) is 10.4 Å². The second kappa shape index (κ2) is 6.39. The molecule has 19 heavy (non-hydrogen) atoms. The molecule has 0 saturated heterocycles. The maximum atomic E-state index is 13.6. The molecule has 0 unspecified atom stereocenters. The third kappa shape index (κ3) is 3.70. The second-order valence-corrected chi connectivity index (χ2v) is 3.35. The van der Waals surface area contributed by atoms with Crippen LogP contribution in [0, 0.1) is 5.82 Å². The molecule has 0 bridgehead atoms. The molecule has 0 aromatic heterocycles. The van der Waals surface area contributed by atoms with Crippen LogP contribution in [0.25, 0.3) is 0 Å². The highest BCUT2D eigenvalue weighted by molar-refractivity contribution is 5.94. The Morgan fingerprint density at radius 2 is 2.21 bits per heavy atom. The van der Waals surface area contributed by atoms with Crippen LogP contribution in [0.4, 0.5) is 14.9 Å². The highest BCUT2D eigenvalue weighted by atomic mass is 19.1. The predicted octanol–water partition coefficient (Wildman–Crippen LogP) is 2.27. The average molecular weight is 269 g/mol. The summed E-state index contributed by atoms with van der Waals surface area (Å²) in [7, 11) is 1.21. The van der Waals surface area contributed by atoms with Crippen LogP contribution in [0.5, 0.6) is 5.75 Å². The Bertz CT molecular complexity index is 515. The molecule has 0 spiro atoms. The first-order valence-electron chi connectivity index (χ1n) is 5.15. The smallest absolute Gasteiger partial charge is 0.412 e. The van der Waals surface area contributed by atoms with Gasteiger partial charge in [-0.3, -0.25) is 5.32 Å². The minimum atomic E-state index is -1.31. The number of carbonyl (C=O) groups excluding carboxylic acids is 1. The Labute approximate surface area is 108 Å². The molecular formula is C12H12FNO5. The van der Waals surface area contributed by atoms with E-state index in [1.165, 1.54) is 13.2 Å². The van der Waals surface area contributed by atoms with Crippen molar-refractivity contribution in [1.82, 2.24) is 0 Å². The fourth-order valence-electron chi connectivity index (χ4n) is 1.27. The molecule has 6 nitrogen and oxygen atoms in total. The molecule has 2 N–H and O–H groups in total. The fraction of sp³-hybridized carbons (Fsp3) is 0.167. The van der Waals surface area contributed by atoms with E-state index in [1.54, 1.807) is 0 Å².